The molecule has 0 atom stereocenters. The average molecular weight is 206 g/mol. The summed E-state index contributed by atoms with van der Waals surface area (Å²) < 4.78 is 13.2. The third kappa shape index (κ3) is 3.10. The van der Waals surface area contributed by atoms with Gasteiger partial charge in [0.2, 0.25) is 0 Å². The molecule has 0 fully saturated rings. The van der Waals surface area contributed by atoms with Gasteiger partial charge in [-0.2, -0.15) is 0 Å². The third-order valence-electron chi connectivity index (χ3n) is 1.81. The van der Waals surface area contributed by atoms with Crippen LogP contribution in [0.2, 0.25) is 0 Å². The van der Waals surface area contributed by atoms with Crippen molar-refractivity contribution in [2.24, 2.45) is 0 Å². The van der Waals surface area contributed by atoms with Crippen molar-refractivity contribution in [1.29, 1.82) is 0 Å². The number of aromatic carboxylic acids is 1. The van der Waals surface area contributed by atoms with E-state index in [2.05, 4.69) is 11.8 Å². The second kappa shape index (κ2) is 5.16. The van der Waals surface area contributed by atoms with Gasteiger partial charge in [-0.3, -0.25) is 0 Å². The Morgan fingerprint density at radius 1 is 1.53 bits per heavy atom. The van der Waals surface area contributed by atoms with Crippen LogP contribution in [0.4, 0.5) is 4.39 Å². The molecular weight excluding hydrogens is 195 g/mol. The van der Waals surface area contributed by atoms with Gasteiger partial charge in [0.05, 0.1) is 5.56 Å². The molecule has 0 aliphatic carbocycles. The first-order valence-electron chi connectivity index (χ1n) is 4.67. The maximum Gasteiger partial charge on any atom is 0.338 e. The van der Waals surface area contributed by atoms with Gasteiger partial charge < -0.3 is 5.11 Å². The lowest BCUT2D eigenvalue weighted by atomic mass is 10.1. The molecule has 0 spiro atoms. The van der Waals surface area contributed by atoms with Crippen molar-refractivity contribution < 1.29 is 14.3 Å². The third-order valence-corrected chi connectivity index (χ3v) is 1.81. The number of hydrogen-bond donors (Lipinski definition) is 1. The number of benzene rings is 1. The molecule has 1 N–H and O–H groups in total. The van der Waals surface area contributed by atoms with E-state index in [4.69, 9.17) is 5.11 Å². The molecule has 0 radical (unpaired) electrons. The summed E-state index contributed by atoms with van der Waals surface area (Å²) in [6.45, 7) is 2.00. The minimum absolute atomic E-state index is 0.323. The van der Waals surface area contributed by atoms with E-state index in [9.17, 15) is 9.18 Å². The number of carboxylic acids is 1. The Morgan fingerprint density at radius 3 is 2.80 bits per heavy atom. The van der Waals surface area contributed by atoms with Crippen LogP contribution < -0.4 is 0 Å². The molecular formula is C12H11FO2. The largest absolute Gasteiger partial charge is 0.478 e. The Morgan fingerprint density at radius 2 is 2.27 bits per heavy atom. The molecule has 1 aromatic carbocycles. The fraction of sp³-hybridized carbons (Fsp3) is 0.250. The van der Waals surface area contributed by atoms with Gasteiger partial charge in [0, 0.05) is 12.0 Å². The van der Waals surface area contributed by atoms with Crippen molar-refractivity contribution >= 4 is 5.97 Å². The Balaban J connectivity index is 2.93. The summed E-state index contributed by atoms with van der Waals surface area (Å²) in [5, 5.41) is 8.59. The van der Waals surface area contributed by atoms with Crippen molar-refractivity contribution in [3.8, 4) is 11.8 Å². The lowest BCUT2D eigenvalue weighted by Crippen LogP contribution is -2.00. The zero-order valence-corrected chi connectivity index (χ0v) is 8.38. The van der Waals surface area contributed by atoms with Crippen LogP contribution in [-0.2, 0) is 0 Å². The lowest BCUT2D eigenvalue weighted by Gasteiger charge is -1.97. The first kappa shape index (κ1) is 11.3. The van der Waals surface area contributed by atoms with Gasteiger partial charge in [-0.1, -0.05) is 18.8 Å². The highest BCUT2D eigenvalue weighted by atomic mass is 19.1. The van der Waals surface area contributed by atoms with Crippen LogP contribution in [0.3, 0.4) is 0 Å². The zero-order valence-electron chi connectivity index (χ0n) is 8.38. The van der Waals surface area contributed by atoms with Crippen LogP contribution in [0.15, 0.2) is 18.2 Å². The lowest BCUT2D eigenvalue weighted by molar-refractivity contribution is 0.0692. The Hall–Kier alpha value is -1.82. The molecule has 0 heterocycles. The normalized spacial score (nSPS) is 9.20. The number of carboxylic acid groups (broad SMARTS) is 1. The predicted octanol–water partition coefficient (Wildman–Crippen LogP) is 2.68. The second-order valence-corrected chi connectivity index (χ2v) is 3.05. The number of carbonyl (C=O) groups is 1. The Labute approximate surface area is 87.7 Å². The van der Waals surface area contributed by atoms with Crippen LogP contribution in [0.1, 0.15) is 35.7 Å². The molecule has 0 aromatic heterocycles. The topological polar surface area (TPSA) is 37.3 Å². The van der Waals surface area contributed by atoms with Gasteiger partial charge in [-0.05, 0) is 24.6 Å². The zero-order chi connectivity index (χ0) is 11.3. The highest BCUT2D eigenvalue weighted by molar-refractivity contribution is 5.88. The highest BCUT2D eigenvalue weighted by Gasteiger charge is 2.09. The quantitative estimate of drug-likeness (QED) is 0.755. The number of unbranched alkanes of at least 4 members (excludes halogenated alkanes) is 1. The van der Waals surface area contributed by atoms with E-state index in [-0.39, 0.29) is 5.56 Å². The smallest absolute Gasteiger partial charge is 0.338 e. The van der Waals surface area contributed by atoms with E-state index < -0.39 is 11.8 Å². The first-order valence-corrected chi connectivity index (χ1v) is 4.67. The Bertz CT molecular complexity index is 427. The Kier molecular flexibility index (Phi) is 3.87. The van der Waals surface area contributed by atoms with Crippen molar-refractivity contribution in [2.45, 2.75) is 19.8 Å². The maximum absolute atomic E-state index is 13.2. The van der Waals surface area contributed by atoms with Crippen LogP contribution >= 0.6 is 0 Å². The molecule has 0 unspecified atom stereocenters. The van der Waals surface area contributed by atoms with E-state index in [1.165, 1.54) is 12.1 Å². The SMILES string of the molecule is CCCC#Cc1ccc(C(=O)O)c(F)c1. The highest BCUT2D eigenvalue weighted by Crippen LogP contribution is 2.09. The van der Waals surface area contributed by atoms with E-state index >= 15 is 0 Å². The number of halogens is 1. The summed E-state index contributed by atoms with van der Waals surface area (Å²) >= 11 is 0. The van der Waals surface area contributed by atoms with Crippen LogP contribution in [0.25, 0.3) is 0 Å². The molecule has 1 rings (SSSR count). The summed E-state index contributed by atoms with van der Waals surface area (Å²) in [6, 6.07) is 3.88. The summed E-state index contributed by atoms with van der Waals surface area (Å²) in [5.74, 6) is 3.62. The van der Waals surface area contributed by atoms with Crippen molar-refractivity contribution in [3.63, 3.8) is 0 Å². The van der Waals surface area contributed by atoms with Crippen LogP contribution in [0.5, 0.6) is 0 Å². The van der Waals surface area contributed by atoms with E-state index in [1.54, 1.807) is 0 Å². The van der Waals surface area contributed by atoms with Gasteiger partial charge in [-0.25, -0.2) is 9.18 Å². The van der Waals surface area contributed by atoms with Gasteiger partial charge in [0.15, 0.2) is 0 Å². The predicted molar refractivity (Wildman–Crippen MR) is 55.1 cm³/mol. The van der Waals surface area contributed by atoms with Crippen molar-refractivity contribution in [2.75, 3.05) is 0 Å². The number of rotatable bonds is 2. The molecule has 0 saturated carbocycles. The maximum atomic E-state index is 13.2. The molecule has 0 aliphatic heterocycles. The molecule has 0 bridgehead atoms. The fourth-order valence-electron chi connectivity index (χ4n) is 1.06. The van der Waals surface area contributed by atoms with E-state index in [1.807, 2.05) is 6.92 Å². The standard InChI is InChI=1S/C12H11FO2/c1-2-3-4-5-9-6-7-10(12(14)15)11(13)8-9/h6-8H,2-3H2,1H3,(H,14,15). The second-order valence-electron chi connectivity index (χ2n) is 3.05. The number of hydrogen-bond acceptors (Lipinski definition) is 1. The summed E-state index contributed by atoms with van der Waals surface area (Å²) in [4.78, 5) is 10.5. The monoisotopic (exact) mass is 206 g/mol. The molecule has 2 nitrogen and oxygen atoms in total. The minimum Gasteiger partial charge on any atom is -0.478 e. The molecule has 0 amide bonds. The van der Waals surface area contributed by atoms with E-state index in [0.717, 1.165) is 18.9 Å². The first-order chi connectivity index (χ1) is 7.15. The summed E-state index contributed by atoms with van der Waals surface area (Å²) in [5.41, 5.74) is 0.182. The van der Waals surface area contributed by atoms with Crippen molar-refractivity contribution in [1.82, 2.24) is 0 Å². The van der Waals surface area contributed by atoms with Gasteiger partial charge in [0.25, 0.3) is 0 Å². The van der Waals surface area contributed by atoms with Crippen molar-refractivity contribution in [3.05, 3.63) is 35.1 Å². The minimum atomic E-state index is -1.26. The van der Waals surface area contributed by atoms with Crippen LogP contribution in [-0.4, -0.2) is 11.1 Å². The average Bonchev–Trinajstić information content (AvgIpc) is 2.17. The molecule has 0 aliphatic rings. The summed E-state index contributed by atoms with van der Waals surface area (Å²) in [6.07, 6.45) is 1.70. The van der Waals surface area contributed by atoms with Gasteiger partial charge >= 0.3 is 5.97 Å². The molecule has 1 aromatic rings. The molecule has 15 heavy (non-hydrogen) atoms. The summed E-state index contributed by atoms with van der Waals surface area (Å²) in [7, 11) is 0. The van der Waals surface area contributed by atoms with E-state index in [0.29, 0.717) is 5.56 Å². The van der Waals surface area contributed by atoms with Crippen LogP contribution in [0, 0.1) is 17.7 Å². The molecule has 78 valence electrons. The fourth-order valence-corrected chi connectivity index (χ4v) is 1.06. The van der Waals surface area contributed by atoms with Gasteiger partial charge in [0.1, 0.15) is 5.82 Å². The molecule has 0 saturated heterocycles. The molecule has 3 heteroatoms. The van der Waals surface area contributed by atoms with Gasteiger partial charge in [-0.15, -0.1) is 0 Å².